The van der Waals surface area contributed by atoms with Crippen molar-refractivity contribution in [2.45, 2.75) is 51.5 Å². The highest BCUT2D eigenvalue weighted by Crippen LogP contribution is 2.27. The number of carbonyl (C=O) groups excluding carboxylic acids is 1. The summed E-state index contributed by atoms with van der Waals surface area (Å²) >= 11 is 1.60. The van der Waals surface area contributed by atoms with Gasteiger partial charge in [0.25, 0.3) is 0 Å². The molecule has 0 radical (unpaired) electrons. The van der Waals surface area contributed by atoms with Crippen molar-refractivity contribution in [3.05, 3.63) is 47.0 Å². The van der Waals surface area contributed by atoms with Gasteiger partial charge in [0.2, 0.25) is 5.91 Å². The van der Waals surface area contributed by atoms with E-state index in [0.29, 0.717) is 6.54 Å². The molecule has 0 saturated carbocycles. The first-order valence-corrected chi connectivity index (χ1v) is 9.86. The largest absolute Gasteiger partial charge is 0.354 e. The first-order chi connectivity index (χ1) is 11.9. The Morgan fingerprint density at radius 1 is 1.32 bits per heavy atom. The Bertz CT molecular complexity index is 689. The molecule has 2 heterocycles. The van der Waals surface area contributed by atoms with Crippen LogP contribution in [0.25, 0.3) is 0 Å². The van der Waals surface area contributed by atoms with Crippen LogP contribution in [0.4, 0.5) is 5.13 Å². The van der Waals surface area contributed by atoms with Gasteiger partial charge in [0.05, 0.1) is 0 Å². The number of rotatable bonds is 5. The molecule has 1 unspecified atom stereocenters. The molecule has 5 heteroatoms. The van der Waals surface area contributed by atoms with Crippen molar-refractivity contribution in [1.29, 1.82) is 0 Å². The number of benzene rings is 1. The second-order valence-corrected chi connectivity index (χ2v) is 8.53. The number of thiazole rings is 1. The van der Waals surface area contributed by atoms with Gasteiger partial charge in [0.1, 0.15) is 6.04 Å². The fourth-order valence-electron chi connectivity index (χ4n) is 3.25. The molecule has 1 atom stereocenters. The smallest absolute Gasteiger partial charge is 0.242 e. The lowest BCUT2D eigenvalue weighted by atomic mass is 9.86. The van der Waals surface area contributed by atoms with Crippen LogP contribution in [0.15, 0.2) is 35.8 Å². The third kappa shape index (κ3) is 4.40. The summed E-state index contributed by atoms with van der Waals surface area (Å²) in [6, 6.07) is 8.65. The topological polar surface area (TPSA) is 45.2 Å². The normalized spacial score (nSPS) is 17.7. The quantitative estimate of drug-likeness (QED) is 0.886. The molecule has 1 fully saturated rings. The predicted octanol–water partition coefficient (Wildman–Crippen LogP) is 3.77. The maximum atomic E-state index is 12.6. The molecule has 1 saturated heterocycles. The highest BCUT2D eigenvalue weighted by molar-refractivity contribution is 7.13. The molecule has 1 aromatic carbocycles. The minimum absolute atomic E-state index is 0.0746. The summed E-state index contributed by atoms with van der Waals surface area (Å²) in [5.74, 6) is 0.124. The number of aromatic nitrogens is 1. The van der Waals surface area contributed by atoms with Crippen molar-refractivity contribution < 1.29 is 4.79 Å². The van der Waals surface area contributed by atoms with Gasteiger partial charge in [-0.25, -0.2) is 4.98 Å². The Hall–Kier alpha value is -1.88. The highest BCUT2D eigenvalue weighted by Gasteiger charge is 2.31. The van der Waals surface area contributed by atoms with Crippen LogP contribution in [0.2, 0.25) is 0 Å². The van der Waals surface area contributed by atoms with Gasteiger partial charge in [0.15, 0.2) is 5.13 Å². The second kappa shape index (κ2) is 7.56. The molecule has 0 bridgehead atoms. The van der Waals surface area contributed by atoms with E-state index in [4.69, 9.17) is 0 Å². The summed E-state index contributed by atoms with van der Waals surface area (Å²) in [6.45, 7) is 8.25. The zero-order chi connectivity index (χ0) is 17.9. The van der Waals surface area contributed by atoms with Gasteiger partial charge >= 0.3 is 0 Å². The summed E-state index contributed by atoms with van der Waals surface area (Å²) in [7, 11) is 0. The second-order valence-electron chi connectivity index (χ2n) is 7.65. The Balaban J connectivity index is 1.51. The molecule has 0 aliphatic carbocycles. The van der Waals surface area contributed by atoms with E-state index in [-0.39, 0.29) is 17.4 Å². The minimum atomic E-state index is -0.0746. The Morgan fingerprint density at radius 3 is 2.72 bits per heavy atom. The van der Waals surface area contributed by atoms with Crippen molar-refractivity contribution in [2.75, 3.05) is 18.0 Å². The average Bonchev–Trinajstić information content (AvgIpc) is 3.25. The van der Waals surface area contributed by atoms with Gasteiger partial charge in [0, 0.05) is 24.7 Å². The highest BCUT2D eigenvalue weighted by atomic mass is 32.1. The van der Waals surface area contributed by atoms with Gasteiger partial charge in [-0.15, -0.1) is 11.3 Å². The first kappa shape index (κ1) is 17.9. The van der Waals surface area contributed by atoms with E-state index in [1.54, 1.807) is 17.5 Å². The first-order valence-electron chi connectivity index (χ1n) is 8.98. The molecule has 1 aliphatic heterocycles. The van der Waals surface area contributed by atoms with Gasteiger partial charge in [-0.2, -0.15) is 0 Å². The molecular weight excluding hydrogens is 330 g/mol. The van der Waals surface area contributed by atoms with Crippen molar-refractivity contribution >= 4 is 22.4 Å². The minimum Gasteiger partial charge on any atom is -0.354 e. The summed E-state index contributed by atoms with van der Waals surface area (Å²) in [6.07, 6.45) is 4.62. The molecule has 134 valence electrons. The van der Waals surface area contributed by atoms with Crippen molar-refractivity contribution in [3.8, 4) is 0 Å². The predicted molar refractivity (Wildman–Crippen MR) is 104 cm³/mol. The third-order valence-electron chi connectivity index (χ3n) is 4.75. The van der Waals surface area contributed by atoms with Gasteiger partial charge in [-0.3, -0.25) is 4.79 Å². The van der Waals surface area contributed by atoms with Crippen LogP contribution in [0, 0.1) is 0 Å². The van der Waals surface area contributed by atoms with Crippen LogP contribution in [0.5, 0.6) is 0 Å². The average molecular weight is 358 g/mol. The summed E-state index contributed by atoms with van der Waals surface area (Å²) in [5.41, 5.74) is 2.77. The molecule has 1 N–H and O–H groups in total. The maximum Gasteiger partial charge on any atom is 0.242 e. The number of carbonyl (C=O) groups is 1. The Kier molecular flexibility index (Phi) is 5.42. The number of hydrogen-bond donors (Lipinski definition) is 1. The molecule has 1 aromatic heterocycles. The van der Waals surface area contributed by atoms with E-state index in [9.17, 15) is 4.79 Å². The summed E-state index contributed by atoms with van der Waals surface area (Å²) in [4.78, 5) is 19.0. The van der Waals surface area contributed by atoms with Crippen molar-refractivity contribution in [1.82, 2.24) is 10.3 Å². The van der Waals surface area contributed by atoms with Crippen molar-refractivity contribution in [3.63, 3.8) is 0 Å². The lowest BCUT2D eigenvalue weighted by Crippen LogP contribution is -2.43. The Labute approximate surface area is 154 Å². The number of hydrogen-bond acceptors (Lipinski definition) is 4. The number of amides is 1. The maximum absolute atomic E-state index is 12.6. The van der Waals surface area contributed by atoms with Crippen LogP contribution < -0.4 is 10.2 Å². The molecule has 3 rings (SSSR count). The van der Waals surface area contributed by atoms with Crippen LogP contribution >= 0.6 is 11.3 Å². The van der Waals surface area contributed by atoms with Gasteiger partial charge in [-0.1, -0.05) is 45.0 Å². The standard InChI is InChI=1S/C20H27N3OS/c1-20(2,3)16-8-6-15(7-9-16)10-11-21-18(24)17-5-4-13-23(17)19-22-12-14-25-19/h6-9,12,14,17H,4-5,10-11,13H2,1-3H3,(H,21,24). The van der Waals surface area contributed by atoms with E-state index >= 15 is 0 Å². The molecule has 1 amide bonds. The van der Waals surface area contributed by atoms with Crippen LogP contribution in [0.3, 0.4) is 0 Å². The van der Waals surface area contributed by atoms with Crippen LogP contribution in [-0.2, 0) is 16.6 Å². The van der Waals surface area contributed by atoms with E-state index in [1.807, 2.05) is 5.38 Å². The fourth-order valence-corrected chi connectivity index (χ4v) is 3.96. The number of anilines is 1. The number of nitrogens with zero attached hydrogens (tertiary/aromatic N) is 2. The zero-order valence-corrected chi connectivity index (χ0v) is 16.1. The SMILES string of the molecule is CC(C)(C)c1ccc(CCNC(=O)C2CCCN2c2nccs2)cc1. The summed E-state index contributed by atoms with van der Waals surface area (Å²) in [5, 5.41) is 6.02. The lowest BCUT2D eigenvalue weighted by Gasteiger charge is -2.23. The zero-order valence-electron chi connectivity index (χ0n) is 15.3. The van der Waals surface area contributed by atoms with E-state index in [2.05, 4.69) is 60.2 Å². The van der Waals surface area contributed by atoms with E-state index < -0.39 is 0 Å². The molecule has 1 aliphatic rings. The van der Waals surface area contributed by atoms with Crippen molar-refractivity contribution in [2.24, 2.45) is 0 Å². The molecule has 0 spiro atoms. The van der Waals surface area contributed by atoms with Crippen LogP contribution in [0.1, 0.15) is 44.7 Å². The molecule has 4 nitrogen and oxygen atoms in total. The lowest BCUT2D eigenvalue weighted by molar-refractivity contribution is -0.122. The van der Waals surface area contributed by atoms with E-state index in [1.165, 1.54) is 11.1 Å². The monoisotopic (exact) mass is 357 g/mol. The van der Waals surface area contributed by atoms with Gasteiger partial charge in [-0.05, 0) is 35.8 Å². The van der Waals surface area contributed by atoms with Gasteiger partial charge < -0.3 is 10.2 Å². The van der Waals surface area contributed by atoms with Crippen LogP contribution in [-0.4, -0.2) is 30.0 Å². The molecule has 25 heavy (non-hydrogen) atoms. The molecule has 2 aromatic rings. The number of nitrogens with one attached hydrogen (secondary N) is 1. The summed E-state index contributed by atoms with van der Waals surface area (Å²) < 4.78 is 0. The Morgan fingerprint density at radius 2 is 2.08 bits per heavy atom. The van der Waals surface area contributed by atoms with E-state index in [0.717, 1.165) is 30.9 Å². The molecular formula is C20H27N3OS. The third-order valence-corrected chi connectivity index (χ3v) is 5.56. The fraction of sp³-hybridized carbons (Fsp3) is 0.500.